The lowest BCUT2D eigenvalue weighted by Gasteiger charge is -2.23. The van der Waals surface area contributed by atoms with Crippen molar-refractivity contribution in [2.45, 2.75) is 25.8 Å². The van der Waals surface area contributed by atoms with Crippen molar-refractivity contribution < 1.29 is 9.53 Å². The van der Waals surface area contributed by atoms with E-state index in [-0.39, 0.29) is 5.91 Å². The molecule has 0 saturated carbocycles. The summed E-state index contributed by atoms with van der Waals surface area (Å²) in [4.78, 5) is 30.7. The van der Waals surface area contributed by atoms with Gasteiger partial charge in [-0.05, 0) is 56.1 Å². The number of hydrogen-bond donors (Lipinski definition) is 3. The van der Waals surface area contributed by atoms with Crippen LogP contribution < -0.4 is 20.7 Å². The zero-order valence-corrected chi connectivity index (χ0v) is 22.4. The van der Waals surface area contributed by atoms with Crippen molar-refractivity contribution in [1.82, 2.24) is 29.8 Å². The highest BCUT2D eigenvalue weighted by molar-refractivity contribution is 6.09. The van der Waals surface area contributed by atoms with Gasteiger partial charge in [0.1, 0.15) is 11.4 Å². The van der Waals surface area contributed by atoms with Gasteiger partial charge in [0.05, 0.1) is 17.6 Å². The minimum atomic E-state index is -0.277. The zero-order valence-electron chi connectivity index (χ0n) is 22.4. The number of aromatic nitrogens is 5. The molecule has 202 valence electrons. The van der Waals surface area contributed by atoms with Crippen molar-refractivity contribution >= 4 is 28.3 Å². The van der Waals surface area contributed by atoms with Gasteiger partial charge in [-0.3, -0.25) is 4.79 Å². The summed E-state index contributed by atoms with van der Waals surface area (Å²) < 4.78 is 8.25. The van der Waals surface area contributed by atoms with Gasteiger partial charge in [-0.2, -0.15) is 0 Å². The number of amides is 1. The van der Waals surface area contributed by atoms with Crippen LogP contribution in [0.5, 0.6) is 11.6 Å². The minimum absolute atomic E-state index is 0.277. The van der Waals surface area contributed by atoms with Crippen LogP contribution in [0.3, 0.4) is 0 Å². The number of carbonyl (C=O) groups is 1. The van der Waals surface area contributed by atoms with Crippen LogP contribution in [0.15, 0.2) is 73.4 Å². The third-order valence-corrected chi connectivity index (χ3v) is 6.93. The molecule has 10 nitrogen and oxygen atoms in total. The number of benzene rings is 2. The Labute approximate surface area is 231 Å². The third-order valence-electron chi connectivity index (χ3n) is 6.93. The number of anilines is 2. The molecule has 3 aromatic heterocycles. The van der Waals surface area contributed by atoms with E-state index in [0.717, 1.165) is 47.8 Å². The number of carbonyl (C=O) groups excluding carboxylic acids is 1. The summed E-state index contributed by atoms with van der Waals surface area (Å²) >= 11 is 0. The van der Waals surface area contributed by atoms with E-state index in [0.29, 0.717) is 40.7 Å². The monoisotopic (exact) mass is 534 g/mol. The number of ether oxygens (including phenoxy) is 1. The maximum absolute atomic E-state index is 12.8. The van der Waals surface area contributed by atoms with Crippen molar-refractivity contribution in [2.24, 2.45) is 7.05 Å². The molecule has 1 aliphatic heterocycles. The summed E-state index contributed by atoms with van der Waals surface area (Å²) in [7, 11) is 1.83. The number of hydrogen-bond acceptors (Lipinski definition) is 8. The van der Waals surface area contributed by atoms with Gasteiger partial charge in [0.25, 0.3) is 5.91 Å². The molecule has 6 rings (SSSR count). The second-order valence-electron chi connectivity index (χ2n) is 9.90. The highest BCUT2D eigenvalue weighted by Gasteiger charge is 2.18. The Morgan fingerprint density at radius 2 is 1.98 bits per heavy atom. The number of pyridine rings is 1. The first-order chi connectivity index (χ1) is 19.5. The first-order valence-corrected chi connectivity index (χ1v) is 13.3. The molecule has 3 N–H and O–H groups in total. The summed E-state index contributed by atoms with van der Waals surface area (Å²) in [6, 6.07) is 15.6. The molecule has 0 radical (unpaired) electrons. The maximum Gasteiger partial charge on any atom is 0.275 e. The fraction of sp³-hybridized carbons (Fsp3) is 0.233. The number of fused-ring (bicyclic) bond motifs is 1. The van der Waals surface area contributed by atoms with E-state index < -0.39 is 0 Å². The summed E-state index contributed by atoms with van der Waals surface area (Å²) in [5.41, 5.74) is 3.42. The molecule has 5 aromatic rings. The van der Waals surface area contributed by atoms with Crippen LogP contribution in [0.25, 0.3) is 22.0 Å². The van der Waals surface area contributed by atoms with E-state index in [1.807, 2.05) is 62.5 Å². The van der Waals surface area contributed by atoms with Crippen molar-refractivity contribution in [3.8, 4) is 22.9 Å². The average Bonchev–Trinajstić information content (AvgIpc) is 3.42. The van der Waals surface area contributed by atoms with E-state index in [9.17, 15) is 4.79 Å². The van der Waals surface area contributed by atoms with Gasteiger partial charge in [-0.15, -0.1) is 0 Å². The molecule has 2 aromatic carbocycles. The topological polar surface area (TPSA) is 119 Å². The van der Waals surface area contributed by atoms with E-state index in [1.54, 1.807) is 29.5 Å². The highest BCUT2D eigenvalue weighted by Crippen LogP contribution is 2.38. The lowest BCUT2D eigenvalue weighted by molar-refractivity contribution is 0.102. The Morgan fingerprint density at radius 3 is 2.80 bits per heavy atom. The van der Waals surface area contributed by atoms with Gasteiger partial charge in [0.2, 0.25) is 11.8 Å². The largest absolute Gasteiger partial charge is 0.437 e. The molecular formula is C30H30N8O2. The third kappa shape index (κ3) is 5.34. The summed E-state index contributed by atoms with van der Waals surface area (Å²) in [6.07, 6.45) is 8.93. The Bertz CT molecular complexity index is 1680. The first-order valence-electron chi connectivity index (χ1n) is 13.3. The van der Waals surface area contributed by atoms with Crippen LogP contribution in [0, 0.1) is 6.92 Å². The molecule has 0 bridgehead atoms. The van der Waals surface area contributed by atoms with E-state index >= 15 is 0 Å². The zero-order chi connectivity index (χ0) is 27.5. The second kappa shape index (κ2) is 11.1. The molecule has 1 fully saturated rings. The molecule has 40 heavy (non-hydrogen) atoms. The van der Waals surface area contributed by atoms with Crippen molar-refractivity contribution in [3.05, 3.63) is 84.7 Å². The van der Waals surface area contributed by atoms with Gasteiger partial charge in [0, 0.05) is 54.7 Å². The molecule has 1 aliphatic rings. The van der Waals surface area contributed by atoms with Crippen molar-refractivity contribution in [3.63, 3.8) is 0 Å². The minimum Gasteiger partial charge on any atom is -0.437 e. The lowest BCUT2D eigenvalue weighted by atomic mass is 10.0. The highest BCUT2D eigenvalue weighted by atomic mass is 16.5. The van der Waals surface area contributed by atoms with Gasteiger partial charge in [0.15, 0.2) is 0 Å². The van der Waals surface area contributed by atoms with Crippen LogP contribution in [-0.4, -0.2) is 49.5 Å². The Kier molecular flexibility index (Phi) is 7.07. The Balaban J connectivity index is 1.31. The number of nitrogens with zero attached hydrogens (tertiary/aromatic N) is 5. The van der Waals surface area contributed by atoms with Gasteiger partial charge < -0.3 is 25.3 Å². The van der Waals surface area contributed by atoms with Crippen molar-refractivity contribution in [2.75, 3.05) is 23.7 Å². The standard InChI is InChI=1S/C30H30N8O2/c1-19-10-11-21-22(7-3-9-24(21)36-28(39)26-17-38(2)18-34-26)27(19)40-29-23(8-5-14-32-29)25-12-15-33-30(37-25)35-20-6-4-13-31-16-20/h3,5,7-12,14-15,17-18,20,31H,4,6,13,16H2,1-2H3,(H,36,39)(H,33,35,37)/t20-/m0/s1. The fourth-order valence-electron chi connectivity index (χ4n) is 4.90. The SMILES string of the molecule is Cc1ccc2c(NC(=O)c3cn(C)cn3)cccc2c1Oc1ncccc1-c1ccnc(N[C@H]2CCCNC2)n1. The normalized spacial score (nSPS) is 15.1. The molecule has 1 amide bonds. The summed E-state index contributed by atoms with van der Waals surface area (Å²) in [6.45, 7) is 3.92. The molecule has 10 heteroatoms. The number of imidazole rings is 1. The summed E-state index contributed by atoms with van der Waals surface area (Å²) in [5.74, 6) is 1.40. The van der Waals surface area contributed by atoms with E-state index in [4.69, 9.17) is 9.72 Å². The number of nitrogens with one attached hydrogen (secondary N) is 3. The van der Waals surface area contributed by atoms with Crippen LogP contribution >= 0.6 is 0 Å². The predicted molar refractivity (Wildman–Crippen MR) is 155 cm³/mol. The number of aryl methyl sites for hydroxylation is 2. The van der Waals surface area contributed by atoms with E-state index in [1.165, 1.54) is 0 Å². The molecule has 4 heterocycles. The molecule has 0 aliphatic carbocycles. The molecule has 1 atom stereocenters. The second-order valence-corrected chi connectivity index (χ2v) is 9.90. The average molecular weight is 535 g/mol. The summed E-state index contributed by atoms with van der Waals surface area (Å²) in [5, 5.41) is 11.5. The van der Waals surface area contributed by atoms with Gasteiger partial charge in [-0.1, -0.05) is 24.3 Å². The molecule has 0 unspecified atom stereocenters. The molecule has 1 saturated heterocycles. The first kappa shape index (κ1) is 25.4. The number of piperidine rings is 1. The predicted octanol–water partition coefficient (Wildman–Crippen LogP) is 4.94. The molecule has 0 spiro atoms. The number of rotatable bonds is 7. The quantitative estimate of drug-likeness (QED) is 0.269. The lowest BCUT2D eigenvalue weighted by Crippen LogP contribution is -2.38. The fourth-order valence-corrected chi connectivity index (χ4v) is 4.90. The Morgan fingerprint density at radius 1 is 1.05 bits per heavy atom. The van der Waals surface area contributed by atoms with Gasteiger partial charge in [-0.25, -0.2) is 19.9 Å². The molecular weight excluding hydrogens is 504 g/mol. The van der Waals surface area contributed by atoms with Gasteiger partial charge >= 0.3 is 0 Å². The van der Waals surface area contributed by atoms with E-state index in [2.05, 4.69) is 30.9 Å². The van der Waals surface area contributed by atoms with Crippen LogP contribution in [0.4, 0.5) is 11.6 Å². The van der Waals surface area contributed by atoms with Crippen molar-refractivity contribution in [1.29, 1.82) is 0 Å². The Hall–Kier alpha value is -4.83. The van der Waals surface area contributed by atoms with Crippen LogP contribution in [-0.2, 0) is 7.05 Å². The van der Waals surface area contributed by atoms with Crippen LogP contribution in [0.2, 0.25) is 0 Å². The van der Waals surface area contributed by atoms with Crippen LogP contribution in [0.1, 0.15) is 28.9 Å². The smallest absolute Gasteiger partial charge is 0.275 e. The maximum atomic E-state index is 12.8.